The SMILES string of the molecule is c1ccc(-c2ccc3nc(-c4ccc(-n5c6ccccc6c6cc7ccccc7cc65)cc4)nc(-c4ccccc4)c3c2)cc1. The normalized spacial score (nSPS) is 11.6. The molecular weight excluding hydrogens is 546 g/mol. The number of nitrogens with zero attached hydrogens (tertiary/aromatic N) is 3. The number of hydrogen-bond acceptors (Lipinski definition) is 2. The standard InChI is InChI=1S/C42H27N3/c1-3-11-28(12-4-1)33-21-24-38-37(26-33)41(29-13-5-2-6-14-29)44-42(43-38)30-19-22-34(23-20-30)45-39-18-10-9-17-35(39)36-25-31-15-7-8-16-32(31)27-40(36)45/h1-27H. The lowest BCUT2D eigenvalue weighted by Crippen LogP contribution is -1.97. The van der Waals surface area contributed by atoms with E-state index in [1.807, 2.05) is 12.1 Å². The summed E-state index contributed by atoms with van der Waals surface area (Å²) in [5.41, 5.74) is 9.75. The third-order valence-electron chi connectivity index (χ3n) is 8.77. The molecule has 3 nitrogen and oxygen atoms in total. The van der Waals surface area contributed by atoms with Crippen molar-refractivity contribution in [3.8, 4) is 39.5 Å². The molecule has 7 aromatic carbocycles. The Morgan fingerprint density at radius 3 is 1.80 bits per heavy atom. The topological polar surface area (TPSA) is 30.7 Å². The van der Waals surface area contributed by atoms with E-state index < -0.39 is 0 Å². The third kappa shape index (κ3) is 4.29. The van der Waals surface area contributed by atoms with E-state index in [0.29, 0.717) is 5.82 Å². The lowest BCUT2D eigenvalue weighted by Gasteiger charge is -2.12. The Labute approximate surface area is 260 Å². The van der Waals surface area contributed by atoms with Gasteiger partial charge in [0, 0.05) is 33.0 Å². The summed E-state index contributed by atoms with van der Waals surface area (Å²) < 4.78 is 2.36. The van der Waals surface area contributed by atoms with Crippen LogP contribution in [-0.4, -0.2) is 14.5 Å². The van der Waals surface area contributed by atoms with Crippen molar-refractivity contribution in [2.24, 2.45) is 0 Å². The number of fused-ring (bicyclic) bond motifs is 5. The average Bonchev–Trinajstić information content (AvgIpc) is 3.44. The Hall–Kier alpha value is -6.06. The number of rotatable bonds is 4. The van der Waals surface area contributed by atoms with Gasteiger partial charge in [-0.25, -0.2) is 9.97 Å². The lowest BCUT2D eigenvalue weighted by atomic mass is 10.00. The molecule has 210 valence electrons. The minimum atomic E-state index is 0.716. The molecule has 0 aliphatic heterocycles. The maximum atomic E-state index is 5.18. The van der Waals surface area contributed by atoms with Crippen LogP contribution in [0.2, 0.25) is 0 Å². The van der Waals surface area contributed by atoms with Crippen LogP contribution in [0.5, 0.6) is 0 Å². The van der Waals surface area contributed by atoms with Crippen LogP contribution in [-0.2, 0) is 0 Å². The Balaban J connectivity index is 1.20. The molecule has 0 radical (unpaired) electrons. The summed E-state index contributed by atoms with van der Waals surface area (Å²) in [6.07, 6.45) is 0. The molecule has 9 aromatic rings. The predicted molar refractivity (Wildman–Crippen MR) is 188 cm³/mol. The number of hydrogen-bond donors (Lipinski definition) is 0. The molecule has 0 fully saturated rings. The zero-order valence-electron chi connectivity index (χ0n) is 24.4. The van der Waals surface area contributed by atoms with E-state index in [9.17, 15) is 0 Å². The molecule has 0 saturated heterocycles. The second-order valence-electron chi connectivity index (χ2n) is 11.5. The van der Waals surface area contributed by atoms with Crippen molar-refractivity contribution in [3.63, 3.8) is 0 Å². The van der Waals surface area contributed by atoms with Crippen molar-refractivity contribution in [1.29, 1.82) is 0 Å². The van der Waals surface area contributed by atoms with Crippen LogP contribution in [0.15, 0.2) is 164 Å². The molecule has 0 bridgehead atoms. The monoisotopic (exact) mass is 573 g/mol. The van der Waals surface area contributed by atoms with Gasteiger partial charge >= 0.3 is 0 Å². The fourth-order valence-electron chi connectivity index (χ4n) is 6.58. The maximum Gasteiger partial charge on any atom is 0.160 e. The third-order valence-corrected chi connectivity index (χ3v) is 8.77. The predicted octanol–water partition coefficient (Wildman–Crippen LogP) is 10.9. The summed E-state index contributed by atoms with van der Waals surface area (Å²) in [7, 11) is 0. The van der Waals surface area contributed by atoms with Gasteiger partial charge in [0.1, 0.15) is 0 Å². The largest absolute Gasteiger partial charge is 0.309 e. The fraction of sp³-hybridized carbons (Fsp3) is 0. The quantitative estimate of drug-likeness (QED) is 0.210. The second kappa shape index (κ2) is 10.3. The van der Waals surface area contributed by atoms with Crippen LogP contribution in [0.25, 0.3) is 82.9 Å². The van der Waals surface area contributed by atoms with Gasteiger partial charge in [0.15, 0.2) is 5.82 Å². The molecule has 0 saturated carbocycles. The van der Waals surface area contributed by atoms with Crippen LogP contribution in [0.3, 0.4) is 0 Å². The van der Waals surface area contributed by atoms with E-state index in [0.717, 1.165) is 39.0 Å². The van der Waals surface area contributed by atoms with Crippen LogP contribution in [0, 0.1) is 0 Å². The van der Waals surface area contributed by atoms with Crippen molar-refractivity contribution in [3.05, 3.63) is 164 Å². The van der Waals surface area contributed by atoms with E-state index in [1.54, 1.807) is 0 Å². The average molecular weight is 574 g/mol. The highest BCUT2D eigenvalue weighted by atomic mass is 15.0. The molecule has 0 aliphatic carbocycles. The fourth-order valence-corrected chi connectivity index (χ4v) is 6.58. The smallest absolute Gasteiger partial charge is 0.160 e. The summed E-state index contributed by atoms with van der Waals surface area (Å²) in [5.74, 6) is 0.716. The molecule has 9 rings (SSSR count). The molecule has 2 aromatic heterocycles. The van der Waals surface area contributed by atoms with Crippen molar-refractivity contribution in [2.75, 3.05) is 0 Å². The van der Waals surface area contributed by atoms with Crippen LogP contribution >= 0.6 is 0 Å². The van der Waals surface area contributed by atoms with E-state index >= 15 is 0 Å². The Bertz CT molecular complexity index is 2510. The number of benzene rings is 7. The minimum Gasteiger partial charge on any atom is -0.309 e. The zero-order valence-corrected chi connectivity index (χ0v) is 24.4. The molecule has 0 atom stereocenters. The molecular formula is C42H27N3. The summed E-state index contributed by atoms with van der Waals surface area (Å²) in [6.45, 7) is 0. The molecule has 0 unspecified atom stereocenters. The van der Waals surface area contributed by atoms with Gasteiger partial charge in [-0.15, -0.1) is 0 Å². The molecule has 45 heavy (non-hydrogen) atoms. The van der Waals surface area contributed by atoms with Crippen molar-refractivity contribution in [1.82, 2.24) is 14.5 Å². The van der Waals surface area contributed by atoms with E-state index in [2.05, 4.69) is 156 Å². The molecule has 3 heteroatoms. The highest BCUT2D eigenvalue weighted by Crippen LogP contribution is 2.36. The van der Waals surface area contributed by atoms with Gasteiger partial charge < -0.3 is 4.57 Å². The Kier molecular flexibility index (Phi) is 5.82. The second-order valence-corrected chi connectivity index (χ2v) is 11.5. The first-order valence-corrected chi connectivity index (χ1v) is 15.3. The summed E-state index contributed by atoms with van der Waals surface area (Å²) >= 11 is 0. The van der Waals surface area contributed by atoms with Gasteiger partial charge in [-0.2, -0.15) is 0 Å². The molecule has 0 N–H and O–H groups in total. The van der Waals surface area contributed by atoms with Crippen LogP contribution in [0.1, 0.15) is 0 Å². The van der Waals surface area contributed by atoms with Gasteiger partial charge in [0.2, 0.25) is 0 Å². The first-order valence-electron chi connectivity index (χ1n) is 15.3. The highest BCUT2D eigenvalue weighted by Gasteiger charge is 2.15. The van der Waals surface area contributed by atoms with Crippen molar-refractivity contribution in [2.45, 2.75) is 0 Å². The van der Waals surface area contributed by atoms with Gasteiger partial charge in [-0.05, 0) is 76.5 Å². The van der Waals surface area contributed by atoms with Gasteiger partial charge in [0.25, 0.3) is 0 Å². The first kappa shape index (κ1) is 25.4. The van der Waals surface area contributed by atoms with E-state index in [4.69, 9.17) is 9.97 Å². The highest BCUT2D eigenvalue weighted by molar-refractivity contribution is 6.13. The molecule has 2 heterocycles. The summed E-state index contributed by atoms with van der Waals surface area (Å²) in [5, 5.41) is 6.04. The Morgan fingerprint density at radius 2 is 1.02 bits per heavy atom. The van der Waals surface area contributed by atoms with Crippen LogP contribution < -0.4 is 0 Å². The minimum absolute atomic E-state index is 0.716. The zero-order chi connectivity index (χ0) is 29.7. The van der Waals surface area contributed by atoms with Crippen molar-refractivity contribution >= 4 is 43.5 Å². The maximum absolute atomic E-state index is 5.18. The summed E-state index contributed by atoms with van der Waals surface area (Å²) in [6, 6.07) is 57.9. The Morgan fingerprint density at radius 1 is 0.378 bits per heavy atom. The van der Waals surface area contributed by atoms with Gasteiger partial charge in [0.05, 0.1) is 22.2 Å². The first-order chi connectivity index (χ1) is 22.3. The summed E-state index contributed by atoms with van der Waals surface area (Å²) in [4.78, 5) is 10.3. The number of para-hydroxylation sites is 1. The lowest BCUT2D eigenvalue weighted by molar-refractivity contribution is 1.17. The van der Waals surface area contributed by atoms with Gasteiger partial charge in [-0.3, -0.25) is 0 Å². The molecule has 0 spiro atoms. The van der Waals surface area contributed by atoms with E-state index in [-0.39, 0.29) is 0 Å². The van der Waals surface area contributed by atoms with Crippen LogP contribution in [0.4, 0.5) is 0 Å². The number of aromatic nitrogens is 3. The molecule has 0 amide bonds. The van der Waals surface area contributed by atoms with E-state index in [1.165, 1.54) is 38.1 Å². The van der Waals surface area contributed by atoms with Crippen molar-refractivity contribution < 1.29 is 0 Å². The molecule has 0 aliphatic rings. The van der Waals surface area contributed by atoms with Gasteiger partial charge in [-0.1, -0.05) is 109 Å².